The first-order valence-corrected chi connectivity index (χ1v) is 3.93. The molecule has 3 nitrogen and oxygen atoms in total. The summed E-state index contributed by atoms with van der Waals surface area (Å²) < 4.78 is 4.80. The molecule has 0 radical (unpaired) electrons. The van der Waals surface area contributed by atoms with Gasteiger partial charge in [0, 0.05) is 0 Å². The van der Waals surface area contributed by atoms with E-state index in [4.69, 9.17) is 4.74 Å². The summed E-state index contributed by atoms with van der Waals surface area (Å²) in [5.41, 5.74) is -1.56. The molecule has 0 aliphatic heterocycles. The molecule has 0 heterocycles. The Balaban J connectivity index is 3.96. The van der Waals surface area contributed by atoms with E-state index in [0.717, 1.165) is 6.08 Å². The van der Waals surface area contributed by atoms with Gasteiger partial charge < -0.3 is 9.84 Å². The maximum absolute atomic E-state index is 11.1. The van der Waals surface area contributed by atoms with Crippen molar-refractivity contribution in [1.82, 2.24) is 0 Å². The summed E-state index contributed by atoms with van der Waals surface area (Å²) in [5, 5.41) is 9.31. The normalized spacial score (nSPS) is 15.4. The van der Waals surface area contributed by atoms with Crippen LogP contribution in [0.2, 0.25) is 0 Å². The zero-order chi connectivity index (χ0) is 9.78. The van der Waals surface area contributed by atoms with Crippen LogP contribution < -0.4 is 0 Å². The average molecular weight is 172 g/mol. The third-order valence-corrected chi connectivity index (χ3v) is 1.36. The lowest BCUT2D eigenvalue weighted by atomic mass is 10.1. The molecule has 0 rings (SSSR count). The predicted molar refractivity (Wildman–Crippen MR) is 46.6 cm³/mol. The van der Waals surface area contributed by atoms with Crippen LogP contribution in [0, 0.1) is 5.92 Å². The Kier molecular flexibility index (Phi) is 3.96. The summed E-state index contributed by atoms with van der Waals surface area (Å²) in [5.74, 6) is -0.374. The first-order valence-electron chi connectivity index (χ1n) is 3.93. The van der Waals surface area contributed by atoms with Crippen LogP contribution in [0.15, 0.2) is 12.7 Å². The van der Waals surface area contributed by atoms with Crippen molar-refractivity contribution in [3.63, 3.8) is 0 Å². The molecule has 0 aromatic carbocycles. The molecule has 70 valence electrons. The van der Waals surface area contributed by atoms with Crippen LogP contribution in [0.4, 0.5) is 0 Å². The molecule has 0 spiro atoms. The summed E-state index contributed by atoms with van der Waals surface area (Å²) in [6, 6.07) is 0. The highest BCUT2D eigenvalue weighted by Crippen LogP contribution is 2.07. The number of aliphatic hydroxyl groups is 1. The highest BCUT2D eigenvalue weighted by atomic mass is 16.5. The fraction of sp³-hybridized carbons (Fsp3) is 0.667. The second-order valence-electron chi connectivity index (χ2n) is 3.34. The van der Waals surface area contributed by atoms with Crippen molar-refractivity contribution in [3.8, 4) is 0 Å². The lowest BCUT2D eigenvalue weighted by molar-refractivity contribution is -0.160. The van der Waals surface area contributed by atoms with Gasteiger partial charge in [0.25, 0.3) is 0 Å². The smallest absolute Gasteiger partial charge is 0.341 e. The SMILES string of the molecule is C=C[C@](C)(O)C(=O)OCC(C)C. The number of hydrogen-bond donors (Lipinski definition) is 1. The van der Waals surface area contributed by atoms with Crippen molar-refractivity contribution < 1.29 is 14.6 Å². The molecular formula is C9H16O3. The molecule has 1 atom stereocenters. The van der Waals surface area contributed by atoms with Crippen LogP contribution in [0.3, 0.4) is 0 Å². The molecule has 0 amide bonds. The highest BCUT2D eigenvalue weighted by Gasteiger charge is 2.27. The van der Waals surface area contributed by atoms with Gasteiger partial charge in [-0.1, -0.05) is 20.4 Å². The highest BCUT2D eigenvalue weighted by molar-refractivity contribution is 5.80. The van der Waals surface area contributed by atoms with Gasteiger partial charge in [-0.2, -0.15) is 0 Å². The minimum absolute atomic E-state index is 0.273. The van der Waals surface area contributed by atoms with Crippen molar-refractivity contribution in [3.05, 3.63) is 12.7 Å². The van der Waals surface area contributed by atoms with Crippen LogP contribution in [0.25, 0.3) is 0 Å². The van der Waals surface area contributed by atoms with Gasteiger partial charge in [-0.05, 0) is 18.9 Å². The predicted octanol–water partition coefficient (Wildman–Crippen LogP) is 1.12. The number of hydrogen-bond acceptors (Lipinski definition) is 3. The van der Waals surface area contributed by atoms with Gasteiger partial charge in [0.2, 0.25) is 0 Å². The first-order chi connectivity index (χ1) is 5.40. The molecule has 0 aromatic rings. The lowest BCUT2D eigenvalue weighted by Gasteiger charge is -2.17. The van der Waals surface area contributed by atoms with Gasteiger partial charge in [-0.25, -0.2) is 4.79 Å². The molecule has 0 saturated carbocycles. The lowest BCUT2D eigenvalue weighted by Crippen LogP contribution is -2.35. The fourth-order valence-electron chi connectivity index (χ4n) is 0.472. The third kappa shape index (κ3) is 3.53. The number of carbonyl (C=O) groups is 1. The van der Waals surface area contributed by atoms with Gasteiger partial charge in [0.05, 0.1) is 6.61 Å². The van der Waals surface area contributed by atoms with E-state index >= 15 is 0 Å². The van der Waals surface area contributed by atoms with Crippen LogP contribution in [0.5, 0.6) is 0 Å². The Morgan fingerprint density at radius 3 is 2.58 bits per heavy atom. The minimum atomic E-state index is -1.56. The maximum Gasteiger partial charge on any atom is 0.341 e. The topological polar surface area (TPSA) is 46.5 Å². The summed E-state index contributed by atoms with van der Waals surface area (Å²) >= 11 is 0. The van der Waals surface area contributed by atoms with Crippen LogP contribution in [0.1, 0.15) is 20.8 Å². The van der Waals surface area contributed by atoms with Crippen LogP contribution in [-0.4, -0.2) is 23.3 Å². The Bertz CT molecular complexity index is 171. The number of esters is 1. The molecule has 0 bridgehead atoms. The van der Waals surface area contributed by atoms with Gasteiger partial charge in [-0.15, -0.1) is 0 Å². The molecule has 3 heteroatoms. The van der Waals surface area contributed by atoms with Gasteiger partial charge in [0.15, 0.2) is 5.60 Å². The van der Waals surface area contributed by atoms with E-state index < -0.39 is 11.6 Å². The second-order valence-corrected chi connectivity index (χ2v) is 3.34. The van der Waals surface area contributed by atoms with Gasteiger partial charge >= 0.3 is 5.97 Å². The zero-order valence-corrected chi connectivity index (χ0v) is 7.83. The Morgan fingerprint density at radius 1 is 1.75 bits per heavy atom. The molecule has 0 unspecified atom stereocenters. The summed E-state index contributed by atoms with van der Waals surface area (Å²) in [6.07, 6.45) is 1.16. The van der Waals surface area contributed by atoms with E-state index in [2.05, 4.69) is 6.58 Å². The third-order valence-electron chi connectivity index (χ3n) is 1.36. The standard InChI is InChI=1S/C9H16O3/c1-5-9(4,11)8(10)12-6-7(2)3/h5,7,11H,1,6H2,2-4H3/t9-/m0/s1. The van der Waals surface area contributed by atoms with Crippen molar-refractivity contribution in [2.24, 2.45) is 5.92 Å². The van der Waals surface area contributed by atoms with Crippen LogP contribution >= 0.6 is 0 Å². The summed E-state index contributed by atoms with van der Waals surface area (Å²) in [6.45, 7) is 8.85. The zero-order valence-electron chi connectivity index (χ0n) is 7.83. The molecule has 12 heavy (non-hydrogen) atoms. The van der Waals surface area contributed by atoms with E-state index in [1.165, 1.54) is 6.92 Å². The second kappa shape index (κ2) is 4.26. The number of rotatable bonds is 4. The molecule has 0 aliphatic rings. The molecule has 0 aliphatic carbocycles. The minimum Gasteiger partial charge on any atom is -0.463 e. The Morgan fingerprint density at radius 2 is 2.25 bits per heavy atom. The average Bonchev–Trinajstić information content (AvgIpc) is 2.00. The van der Waals surface area contributed by atoms with E-state index in [1.807, 2.05) is 13.8 Å². The fourth-order valence-corrected chi connectivity index (χ4v) is 0.472. The maximum atomic E-state index is 11.1. The molecule has 1 N–H and O–H groups in total. The number of ether oxygens (including phenoxy) is 1. The van der Waals surface area contributed by atoms with Gasteiger partial charge in [0.1, 0.15) is 0 Å². The van der Waals surface area contributed by atoms with Crippen LogP contribution in [-0.2, 0) is 9.53 Å². The van der Waals surface area contributed by atoms with Crippen molar-refractivity contribution in [2.75, 3.05) is 6.61 Å². The van der Waals surface area contributed by atoms with Gasteiger partial charge in [-0.3, -0.25) is 0 Å². The van der Waals surface area contributed by atoms with E-state index in [1.54, 1.807) is 0 Å². The van der Waals surface area contributed by atoms with Crippen molar-refractivity contribution in [1.29, 1.82) is 0 Å². The van der Waals surface area contributed by atoms with E-state index in [-0.39, 0.29) is 5.92 Å². The van der Waals surface area contributed by atoms with E-state index in [9.17, 15) is 9.90 Å². The van der Waals surface area contributed by atoms with Crippen molar-refractivity contribution in [2.45, 2.75) is 26.4 Å². The summed E-state index contributed by atoms with van der Waals surface area (Å²) in [4.78, 5) is 11.1. The summed E-state index contributed by atoms with van der Waals surface area (Å²) in [7, 11) is 0. The van der Waals surface area contributed by atoms with E-state index in [0.29, 0.717) is 6.61 Å². The molecule has 0 aromatic heterocycles. The first kappa shape index (κ1) is 11.2. The largest absolute Gasteiger partial charge is 0.463 e. The molecule has 0 saturated heterocycles. The Hall–Kier alpha value is -0.830. The molecule has 0 fully saturated rings. The molecular weight excluding hydrogens is 156 g/mol. The monoisotopic (exact) mass is 172 g/mol. The number of carbonyl (C=O) groups excluding carboxylic acids is 1. The van der Waals surface area contributed by atoms with Crippen molar-refractivity contribution >= 4 is 5.97 Å². The quantitative estimate of drug-likeness (QED) is 0.510. The Labute approximate surface area is 73.0 Å².